The second kappa shape index (κ2) is 6.72. The smallest absolute Gasteiger partial charge is 0.224 e. The van der Waals surface area contributed by atoms with Gasteiger partial charge in [-0.25, -0.2) is 9.97 Å². The predicted octanol–water partition coefficient (Wildman–Crippen LogP) is 1.43. The fourth-order valence-electron chi connectivity index (χ4n) is 3.05. The molecule has 4 rings (SSSR count). The number of nitrogen functional groups attached to an aromatic ring is 1. The van der Waals surface area contributed by atoms with Gasteiger partial charge >= 0.3 is 0 Å². The van der Waals surface area contributed by atoms with Gasteiger partial charge in [0.25, 0.3) is 0 Å². The highest BCUT2D eigenvalue weighted by atomic mass is 16.5. The van der Waals surface area contributed by atoms with Crippen LogP contribution in [0.4, 0.5) is 11.8 Å². The molecule has 0 bridgehead atoms. The number of hydrogen-bond acceptors (Lipinski definition) is 8. The molecule has 0 unspecified atom stereocenters. The zero-order chi connectivity index (χ0) is 18.1. The van der Waals surface area contributed by atoms with Gasteiger partial charge in [0.05, 0.1) is 19.0 Å². The predicted molar refractivity (Wildman–Crippen MR) is 101 cm³/mol. The van der Waals surface area contributed by atoms with E-state index in [1.165, 1.54) is 0 Å². The number of ether oxygens (including phenoxy) is 1. The first kappa shape index (κ1) is 16.5. The van der Waals surface area contributed by atoms with Crippen LogP contribution in [-0.2, 0) is 0 Å². The Hall–Kier alpha value is -3.00. The fourth-order valence-corrected chi connectivity index (χ4v) is 3.05. The first-order chi connectivity index (χ1) is 12.6. The lowest BCUT2D eigenvalue weighted by molar-refractivity contribution is 0.312. The van der Waals surface area contributed by atoms with Crippen molar-refractivity contribution >= 4 is 22.9 Å². The Bertz CT molecular complexity index is 921. The number of benzene rings is 1. The Morgan fingerprint density at radius 3 is 2.42 bits per heavy atom. The average Bonchev–Trinajstić information content (AvgIpc) is 2.68. The standard InChI is InChI=1S/C18H21N7O/c1-24-7-9-25(10-8-24)17-15-16(22-18(19)23-17)20-11-14(21-15)12-3-5-13(26-2)6-4-12/h3-6,11H,7-10H2,1-2H3,(H2,19,20,22,23). The molecule has 3 heterocycles. The minimum Gasteiger partial charge on any atom is -0.497 e. The van der Waals surface area contributed by atoms with Crippen molar-refractivity contribution in [1.29, 1.82) is 0 Å². The monoisotopic (exact) mass is 351 g/mol. The number of anilines is 2. The molecule has 0 atom stereocenters. The van der Waals surface area contributed by atoms with E-state index in [9.17, 15) is 0 Å². The number of hydrogen-bond donors (Lipinski definition) is 1. The summed E-state index contributed by atoms with van der Waals surface area (Å²) in [5, 5.41) is 0. The minimum absolute atomic E-state index is 0.220. The van der Waals surface area contributed by atoms with E-state index >= 15 is 0 Å². The topological polar surface area (TPSA) is 93.3 Å². The molecule has 1 aliphatic rings. The molecule has 0 saturated carbocycles. The number of fused-ring (bicyclic) bond motifs is 1. The summed E-state index contributed by atoms with van der Waals surface area (Å²) >= 11 is 0. The number of nitrogens with zero attached hydrogens (tertiary/aromatic N) is 6. The summed E-state index contributed by atoms with van der Waals surface area (Å²) in [5.74, 6) is 1.78. The van der Waals surface area contributed by atoms with Crippen LogP contribution in [0.5, 0.6) is 5.75 Å². The van der Waals surface area contributed by atoms with Crippen LogP contribution in [-0.4, -0.2) is 65.2 Å². The lowest BCUT2D eigenvalue weighted by Gasteiger charge is -2.33. The number of rotatable bonds is 3. The summed E-state index contributed by atoms with van der Waals surface area (Å²) in [7, 11) is 3.76. The van der Waals surface area contributed by atoms with Crippen molar-refractivity contribution in [1.82, 2.24) is 24.8 Å². The average molecular weight is 351 g/mol. The number of nitrogens with two attached hydrogens (primary N) is 1. The summed E-state index contributed by atoms with van der Waals surface area (Å²) < 4.78 is 5.22. The van der Waals surface area contributed by atoms with Gasteiger partial charge < -0.3 is 20.3 Å². The molecule has 0 radical (unpaired) electrons. The van der Waals surface area contributed by atoms with Gasteiger partial charge in [0.15, 0.2) is 17.0 Å². The lowest BCUT2D eigenvalue weighted by Crippen LogP contribution is -2.45. The Labute approximate surface area is 151 Å². The first-order valence-corrected chi connectivity index (χ1v) is 8.52. The maximum atomic E-state index is 5.90. The lowest BCUT2D eigenvalue weighted by atomic mass is 10.1. The van der Waals surface area contributed by atoms with Gasteiger partial charge in [0.2, 0.25) is 5.95 Å². The summed E-state index contributed by atoms with van der Waals surface area (Å²) in [6.07, 6.45) is 1.71. The molecule has 1 aliphatic heterocycles. The molecule has 8 heteroatoms. The zero-order valence-corrected chi connectivity index (χ0v) is 14.9. The quantitative estimate of drug-likeness (QED) is 0.757. The Morgan fingerprint density at radius 1 is 1.00 bits per heavy atom. The summed E-state index contributed by atoms with van der Waals surface area (Å²) in [4.78, 5) is 22.5. The molecule has 0 aliphatic carbocycles. The molecule has 134 valence electrons. The van der Waals surface area contributed by atoms with Gasteiger partial charge in [-0.15, -0.1) is 0 Å². The summed E-state index contributed by atoms with van der Waals surface area (Å²) in [6.45, 7) is 3.68. The van der Waals surface area contributed by atoms with Gasteiger partial charge in [0.1, 0.15) is 5.75 Å². The first-order valence-electron chi connectivity index (χ1n) is 8.52. The van der Waals surface area contributed by atoms with Crippen molar-refractivity contribution in [3.8, 4) is 17.0 Å². The van der Waals surface area contributed by atoms with Gasteiger partial charge in [-0.2, -0.15) is 9.97 Å². The molecule has 1 fully saturated rings. The molecular weight excluding hydrogens is 330 g/mol. The molecule has 1 saturated heterocycles. The number of likely N-dealkylation sites (N-methyl/N-ethyl adjacent to an activating group) is 1. The van der Waals surface area contributed by atoms with Crippen LogP contribution >= 0.6 is 0 Å². The van der Waals surface area contributed by atoms with E-state index in [1.807, 2.05) is 24.3 Å². The van der Waals surface area contributed by atoms with E-state index in [-0.39, 0.29) is 5.95 Å². The largest absolute Gasteiger partial charge is 0.497 e. The van der Waals surface area contributed by atoms with Gasteiger partial charge in [-0.1, -0.05) is 0 Å². The second-order valence-electron chi connectivity index (χ2n) is 6.35. The van der Waals surface area contributed by atoms with Crippen molar-refractivity contribution in [3.63, 3.8) is 0 Å². The highest BCUT2D eigenvalue weighted by Gasteiger charge is 2.20. The summed E-state index contributed by atoms with van der Waals surface area (Å²) in [5.41, 5.74) is 8.82. The van der Waals surface area contributed by atoms with Crippen molar-refractivity contribution in [2.75, 3.05) is 51.0 Å². The minimum atomic E-state index is 0.220. The number of piperazine rings is 1. The highest BCUT2D eigenvalue weighted by molar-refractivity contribution is 5.85. The van der Waals surface area contributed by atoms with Crippen LogP contribution in [0.2, 0.25) is 0 Å². The number of methoxy groups -OCH3 is 1. The summed E-state index contributed by atoms with van der Waals surface area (Å²) in [6, 6.07) is 7.73. The molecule has 3 aromatic rings. The molecule has 8 nitrogen and oxygen atoms in total. The van der Waals surface area contributed by atoms with Crippen molar-refractivity contribution < 1.29 is 4.74 Å². The Morgan fingerprint density at radius 2 is 1.73 bits per heavy atom. The SMILES string of the molecule is COc1ccc(-c2cnc3nc(N)nc(N4CCN(C)CC4)c3n2)cc1. The molecule has 0 spiro atoms. The van der Waals surface area contributed by atoms with Crippen molar-refractivity contribution in [3.05, 3.63) is 30.5 Å². The third kappa shape index (κ3) is 3.11. The van der Waals surface area contributed by atoms with Gasteiger partial charge in [0, 0.05) is 31.7 Å². The second-order valence-corrected chi connectivity index (χ2v) is 6.35. The van der Waals surface area contributed by atoms with E-state index in [1.54, 1.807) is 13.3 Å². The van der Waals surface area contributed by atoms with Crippen LogP contribution < -0.4 is 15.4 Å². The van der Waals surface area contributed by atoms with E-state index < -0.39 is 0 Å². The van der Waals surface area contributed by atoms with Crippen LogP contribution in [0, 0.1) is 0 Å². The maximum absolute atomic E-state index is 5.90. The van der Waals surface area contributed by atoms with Crippen molar-refractivity contribution in [2.24, 2.45) is 0 Å². The van der Waals surface area contributed by atoms with Crippen LogP contribution in [0.25, 0.3) is 22.4 Å². The molecular formula is C18H21N7O. The Kier molecular flexibility index (Phi) is 4.26. The molecule has 2 N–H and O–H groups in total. The molecule has 1 aromatic carbocycles. The van der Waals surface area contributed by atoms with Crippen LogP contribution in [0.3, 0.4) is 0 Å². The van der Waals surface area contributed by atoms with Gasteiger partial charge in [-0.3, -0.25) is 0 Å². The molecule has 0 amide bonds. The molecule has 26 heavy (non-hydrogen) atoms. The zero-order valence-electron chi connectivity index (χ0n) is 14.9. The van der Waals surface area contributed by atoms with Crippen molar-refractivity contribution in [2.45, 2.75) is 0 Å². The normalized spacial score (nSPS) is 15.4. The van der Waals surface area contributed by atoms with E-state index in [2.05, 4.69) is 31.8 Å². The third-order valence-electron chi connectivity index (χ3n) is 4.59. The van der Waals surface area contributed by atoms with Gasteiger partial charge in [-0.05, 0) is 31.3 Å². The van der Waals surface area contributed by atoms with Crippen LogP contribution in [0.1, 0.15) is 0 Å². The van der Waals surface area contributed by atoms with Crippen LogP contribution in [0.15, 0.2) is 30.5 Å². The third-order valence-corrected chi connectivity index (χ3v) is 4.59. The van der Waals surface area contributed by atoms with E-state index in [0.29, 0.717) is 11.2 Å². The highest BCUT2D eigenvalue weighted by Crippen LogP contribution is 2.26. The maximum Gasteiger partial charge on any atom is 0.224 e. The van der Waals surface area contributed by atoms with E-state index in [4.69, 9.17) is 15.5 Å². The Balaban J connectivity index is 1.78. The van der Waals surface area contributed by atoms with E-state index in [0.717, 1.165) is 49.0 Å². The number of aromatic nitrogens is 4. The molecule has 2 aromatic heterocycles. The fraction of sp³-hybridized carbons (Fsp3) is 0.333.